The van der Waals surface area contributed by atoms with Crippen molar-refractivity contribution in [3.05, 3.63) is 93.7 Å². The predicted molar refractivity (Wildman–Crippen MR) is 120 cm³/mol. The average molecular weight is 481 g/mol. The number of nitrogens with one attached hydrogen (secondary N) is 1. The molecule has 0 aliphatic rings. The molecule has 0 saturated carbocycles. The Hall–Kier alpha value is -3.63. The van der Waals surface area contributed by atoms with Crippen LogP contribution in [0.1, 0.15) is 11.1 Å². The third kappa shape index (κ3) is 5.93. The number of rotatable bonds is 7. The van der Waals surface area contributed by atoms with E-state index in [0.29, 0.717) is 33.8 Å². The van der Waals surface area contributed by atoms with Crippen LogP contribution in [-0.2, 0) is 11.4 Å². The summed E-state index contributed by atoms with van der Waals surface area (Å²) in [6, 6.07) is 20.3. The van der Waals surface area contributed by atoms with Gasteiger partial charge in [0.05, 0.1) is 11.6 Å². The number of hydrogen-bond donors (Lipinski definition) is 1. The molecule has 0 atom stereocenters. The van der Waals surface area contributed by atoms with E-state index in [9.17, 15) is 14.4 Å². The molecule has 5 nitrogen and oxygen atoms in total. The molecule has 0 fully saturated rings. The van der Waals surface area contributed by atoms with E-state index in [1.807, 2.05) is 36.4 Å². The van der Waals surface area contributed by atoms with Crippen LogP contribution in [0.25, 0.3) is 6.08 Å². The average Bonchev–Trinajstić information content (AvgIpc) is 2.78. The van der Waals surface area contributed by atoms with Crippen molar-refractivity contribution >= 4 is 33.6 Å². The van der Waals surface area contributed by atoms with E-state index >= 15 is 0 Å². The maximum atomic E-state index is 13.0. The van der Waals surface area contributed by atoms with E-state index in [1.165, 1.54) is 37.5 Å². The first kappa shape index (κ1) is 22.1. The summed E-state index contributed by atoms with van der Waals surface area (Å²) in [5.74, 6) is -0.0558. The number of halogens is 2. The number of methoxy groups -OCH3 is 1. The van der Waals surface area contributed by atoms with Gasteiger partial charge in [-0.05, 0) is 69.5 Å². The molecule has 0 spiro atoms. The monoisotopic (exact) mass is 480 g/mol. The quantitative estimate of drug-likeness (QED) is 0.346. The molecule has 0 heterocycles. The SMILES string of the molecule is COc1cc(C=C(C#N)C(=O)Nc2ccc(F)cc2)cc(Br)c1OCc1ccccc1. The number of anilines is 1. The predicted octanol–water partition coefficient (Wildman–Crippen LogP) is 5.72. The third-order valence-electron chi connectivity index (χ3n) is 4.26. The van der Waals surface area contributed by atoms with Crippen molar-refractivity contribution in [3.63, 3.8) is 0 Å². The second kappa shape index (κ2) is 10.4. The van der Waals surface area contributed by atoms with Gasteiger partial charge < -0.3 is 14.8 Å². The Labute approximate surface area is 187 Å². The minimum Gasteiger partial charge on any atom is -0.493 e. The molecule has 0 radical (unpaired) electrons. The fraction of sp³-hybridized carbons (Fsp3) is 0.0833. The number of amides is 1. The van der Waals surface area contributed by atoms with Gasteiger partial charge in [-0.25, -0.2) is 4.39 Å². The highest BCUT2D eigenvalue weighted by Crippen LogP contribution is 2.37. The molecule has 3 aromatic rings. The molecule has 3 aromatic carbocycles. The second-order valence-electron chi connectivity index (χ2n) is 6.44. The van der Waals surface area contributed by atoms with Gasteiger partial charge in [0.1, 0.15) is 24.1 Å². The highest BCUT2D eigenvalue weighted by molar-refractivity contribution is 9.10. The van der Waals surface area contributed by atoms with E-state index in [0.717, 1.165) is 5.56 Å². The standard InChI is InChI=1S/C24H18BrFN2O3/c1-30-22-13-17(12-21(25)23(22)31-15-16-5-3-2-4-6-16)11-18(14-27)24(29)28-20-9-7-19(26)8-10-20/h2-13H,15H2,1H3,(H,28,29). The Morgan fingerprint density at radius 2 is 1.87 bits per heavy atom. The van der Waals surface area contributed by atoms with Crippen LogP contribution in [0.3, 0.4) is 0 Å². The Kier molecular flexibility index (Phi) is 7.41. The summed E-state index contributed by atoms with van der Waals surface area (Å²) in [6.07, 6.45) is 1.44. The smallest absolute Gasteiger partial charge is 0.266 e. The van der Waals surface area contributed by atoms with E-state index < -0.39 is 11.7 Å². The van der Waals surface area contributed by atoms with Gasteiger partial charge in [-0.15, -0.1) is 0 Å². The molecule has 1 amide bonds. The number of benzene rings is 3. The molecule has 3 rings (SSSR count). The van der Waals surface area contributed by atoms with E-state index in [2.05, 4.69) is 21.2 Å². The molecule has 1 N–H and O–H groups in total. The van der Waals surface area contributed by atoms with Crippen LogP contribution in [0.5, 0.6) is 11.5 Å². The van der Waals surface area contributed by atoms with Crippen LogP contribution in [0, 0.1) is 17.1 Å². The maximum absolute atomic E-state index is 13.0. The van der Waals surface area contributed by atoms with Gasteiger partial charge in [0.15, 0.2) is 11.5 Å². The molecule has 7 heteroatoms. The second-order valence-corrected chi connectivity index (χ2v) is 7.29. The highest BCUT2D eigenvalue weighted by Gasteiger charge is 2.14. The van der Waals surface area contributed by atoms with Gasteiger partial charge >= 0.3 is 0 Å². The molecule has 0 unspecified atom stereocenters. The maximum Gasteiger partial charge on any atom is 0.266 e. The minimum atomic E-state index is -0.603. The van der Waals surface area contributed by atoms with Gasteiger partial charge in [-0.3, -0.25) is 4.79 Å². The molecule has 0 aromatic heterocycles. The fourth-order valence-electron chi connectivity index (χ4n) is 2.74. The summed E-state index contributed by atoms with van der Waals surface area (Å²) in [5, 5.41) is 12.0. The van der Waals surface area contributed by atoms with Gasteiger partial charge in [-0.2, -0.15) is 5.26 Å². The van der Waals surface area contributed by atoms with Crippen molar-refractivity contribution in [2.75, 3.05) is 12.4 Å². The zero-order chi connectivity index (χ0) is 22.2. The summed E-state index contributed by atoms with van der Waals surface area (Å²) in [6.45, 7) is 0.356. The van der Waals surface area contributed by atoms with Gasteiger partial charge in [-0.1, -0.05) is 30.3 Å². The first-order chi connectivity index (χ1) is 15.0. The summed E-state index contributed by atoms with van der Waals surface area (Å²) >= 11 is 3.47. The minimum absolute atomic E-state index is 0.115. The summed E-state index contributed by atoms with van der Waals surface area (Å²) in [7, 11) is 1.51. The lowest BCUT2D eigenvalue weighted by atomic mass is 10.1. The molecular formula is C24H18BrFN2O3. The van der Waals surface area contributed by atoms with Crippen LogP contribution >= 0.6 is 15.9 Å². The van der Waals surface area contributed by atoms with Crippen LogP contribution < -0.4 is 14.8 Å². The van der Waals surface area contributed by atoms with Crippen LogP contribution in [-0.4, -0.2) is 13.0 Å². The number of ether oxygens (including phenoxy) is 2. The zero-order valence-electron chi connectivity index (χ0n) is 16.6. The number of hydrogen-bond acceptors (Lipinski definition) is 4. The Morgan fingerprint density at radius 3 is 2.52 bits per heavy atom. The van der Waals surface area contributed by atoms with E-state index in [1.54, 1.807) is 12.1 Å². The normalized spacial score (nSPS) is 10.8. The number of carbonyl (C=O) groups is 1. The highest BCUT2D eigenvalue weighted by atomic mass is 79.9. The number of nitrogens with zero attached hydrogens (tertiary/aromatic N) is 1. The Morgan fingerprint density at radius 1 is 1.16 bits per heavy atom. The van der Waals surface area contributed by atoms with Crippen molar-refractivity contribution in [3.8, 4) is 17.6 Å². The number of nitriles is 1. The lowest BCUT2D eigenvalue weighted by Gasteiger charge is -2.14. The number of carbonyl (C=O) groups excluding carboxylic acids is 1. The first-order valence-corrected chi connectivity index (χ1v) is 10.0. The molecule has 0 aliphatic heterocycles. The van der Waals surface area contributed by atoms with Gasteiger partial charge in [0, 0.05) is 5.69 Å². The van der Waals surface area contributed by atoms with E-state index in [4.69, 9.17) is 9.47 Å². The summed E-state index contributed by atoms with van der Waals surface area (Å²) < 4.78 is 25.0. The summed E-state index contributed by atoms with van der Waals surface area (Å²) in [5.41, 5.74) is 1.85. The van der Waals surface area contributed by atoms with Crippen LogP contribution in [0.4, 0.5) is 10.1 Å². The topological polar surface area (TPSA) is 71.3 Å². The molecule has 0 aliphatic carbocycles. The van der Waals surface area contributed by atoms with Crippen LogP contribution in [0.15, 0.2) is 76.8 Å². The van der Waals surface area contributed by atoms with Crippen LogP contribution in [0.2, 0.25) is 0 Å². The summed E-state index contributed by atoms with van der Waals surface area (Å²) in [4.78, 5) is 12.4. The molecule has 0 bridgehead atoms. The Balaban J connectivity index is 1.81. The molecule has 0 saturated heterocycles. The van der Waals surface area contributed by atoms with Crippen molar-refractivity contribution in [2.24, 2.45) is 0 Å². The lowest BCUT2D eigenvalue weighted by molar-refractivity contribution is -0.112. The molecule has 31 heavy (non-hydrogen) atoms. The van der Waals surface area contributed by atoms with Crippen molar-refractivity contribution in [2.45, 2.75) is 6.61 Å². The first-order valence-electron chi connectivity index (χ1n) is 9.23. The molecule has 156 valence electrons. The fourth-order valence-corrected chi connectivity index (χ4v) is 3.31. The lowest BCUT2D eigenvalue weighted by Crippen LogP contribution is -2.13. The molecular weight excluding hydrogens is 463 g/mol. The largest absolute Gasteiger partial charge is 0.493 e. The van der Waals surface area contributed by atoms with E-state index in [-0.39, 0.29) is 5.57 Å². The van der Waals surface area contributed by atoms with Crippen molar-refractivity contribution in [1.29, 1.82) is 5.26 Å². The van der Waals surface area contributed by atoms with Crippen molar-refractivity contribution < 1.29 is 18.7 Å². The Bertz CT molecular complexity index is 1140. The van der Waals surface area contributed by atoms with Gasteiger partial charge in [0.2, 0.25) is 0 Å². The van der Waals surface area contributed by atoms with Crippen molar-refractivity contribution in [1.82, 2.24) is 0 Å². The zero-order valence-corrected chi connectivity index (χ0v) is 18.1. The third-order valence-corrected chi connectivity index (χ3v) is 4.84. The van der Waals surface area contributed by atoms with Gasteiger partial charge in [0.25, 0.3) is 5.91 Å².